The summed E-state index contributed by atoms with van der Waals surface area (Å²) in [6.07, 6.45) is 7.35. The van der Waals surface area contributed by atoms with Gasteiger partial charge in [-0.15, -0.1) is 5.11 Å². The van der Waals surface area contributed by atoms with E-state index in [9.17, 15) is 0 Å². The van der Waals surface area contributed by atoms with Crippen LogP contribution in [0.3, 0.4) is 0 Å². The van der Waals surface area contributed by atoms with Crippen LogP contribution in [0, 0.1) is 0 Å². The number of fused-ring (bicyclic) bond motifs is 1. The zero-order valence-corrected chi connectivity index (χ0v) is 11.5. The molecule has 0 bridgehead atoms. The lowest BCUT2D eigenvalue weighted by Gasteiger charge is -2.04. The fourth-order valence-corrected chi connectivity index (χ4v) is 1.84. The number of azo groups is 1. The van der Waals surface area contributed by atoms with E-state index in [2.05, 4.69) is 16.8 Å². The van der Waals surface area contributed by atoms with E-state index in [1.165, 1.54) is 0 Å². The van der Waals surface area contributed by atoms with Gasteiger partial charge in [-0.05, 0) is 31.2 Å². The molecule has 20 heavy (non-hydrogen) atoms. The quantitative estimate of drug-likeness (QED) is 0.463. The fourth-order valence-electron chi connectivity index (χ4n) is 1.84. The van der Waals surface area contributed by atoms with E-state index in [0.29, 0.717) is 5.70 Å². The highest BCUT2D eigenvalue weighted by atomic mass is 15.1. The molecule has 0 radical (unpaired) electrons. The van der Waals surface area contributed by atoms with Crippen molar-refractivity contribution in [2.75, 3.05) is 5.73 Å². The zero-order chi connectivity index (χ0) is 14.4. The summed E-state index contributed by atoms with van der Waals surface area (Å²) in [4.78, 5) is 0. The van der Waals surface area contributed by atoms with Crippen molar-refractivity contribution in [3.8, 4) is 0 Å². The van der Waals surface area contributed by atoms with Gasteiger partial charge in [0, 0.05) is 16.5 Å². The van der Waals surface area contributed by atoms with Crippen molar-refractivity contribution in [3.63, 3.8) is 0 Å². The topological polar surface area (TPSA) is 50.7 Å². The lowest BCUT2D eigenvalue weighted by molar-refractivity contribution is 1.18. The monoisotopic (exact) mass is 263 g/mol. The van der Waals surface area contributed by atoms with Crippen LogP contribution in [0.1, 0.15) is 6.92 Å². The molecule has 2 rings (SSSR count). The first-order valence-electron chi connectivity index (χ1n) is 6.40. The molecule has 0 aliphatic rings. The molecule has 0 fully saturated rings. The van der Waals surface area contributed by atoms with Crippen molar-refractivity contribution in [3.05, 3.63) is 73.0 Å². The highest BCUT2D eigenvalue weighted by molar-refractivity contribution is 5.99. The molecule has 2 aromatic carbocycles. The normalized spacial score (nSPS) is 12.6. The van der Waals surface area contributed by atoms with Crippen molar-refractivity contribution in [2.45, 2.75) is 6.92 Å². The van der Waals surface area contributed by atoms with E-state index in [-0.39, 0.29) is 0 Å². The maximum atomic E-state index is 5.96. The third-order valence-electron chi connectivity index (χ3n) is 2.88. The van der Waals surface area contributed by atoms with Crippen molar-refractivity contribution < 1.29 is 0 Å². The van der Waals surface area contributed by atoms with E-state index in [1.807, 2.05) is 61.5 Å². The molecule has 3 nitrogen and oxygen atoms in total. The van der Waals surface area contributed by atoms with Gasteiger partial charge in [0.15, 0.2) is 0 Å². The second-order valence-electron chi connectivity index (χ2n) is 4.24. The minimum atomic E-state index is 0.712. The Balaban J connectivity index is 2.44. The SMILES string of the molecule is C=C/C(=C\C=C/C)N=Nc1ccc(N)c2ccccc12. The molecule has 0 spiro atoms. The third-order valence-corrected chi connectivity index (χ3v) is 2.88. The molecule has 0 aliphatic heterocycles. The number of allylic oxidation sites excluding steroid dienone is 4. The number of hydrogen-bond acceptors (Lipinski definition) is 3. The maximum absolute atomic E-state index is 5.96. The molecule has 2 aromatic rings. The molecule has 0 aliphatic carbocycles. The van der Waals surface area contributed by atoms with Crippen LogP contribution in [-0.2, 0) is 0 Å². The van der Waals surface area contributed by atoms with Crippen LogP contribution in [0.4, 0.5) is 11.4 Å². The fraction of sp³-hybridized carbons (Fsp3) is 0.0588. The predicted molar refractivity (Wildman–Crippen MR) is 86.0 cm³/mol. The first-order valence-corrected chi connectivity index (χ1v) is 6.40. The van der Waals surface area contributed by atoms with Gasteiger partial charge in [-0.25, -0.2) is 0 Å². The van der Waals surface area contributed by atoms with E-state index >= 15 is 0 Å². The number of rotatable bonds is 4. The Labute approximate surface area is 118 Å². The van der Waals surface area contributed by atoms with Crippen LogP contribution < -0.4 is 5.73 Å². The van der Waals surface area contributed by atoms with Crippen LogP contribution >= 0.6 is 0 Å². The van der Waals surface area contributed by atoms with E-state index in [4.69, 9.17) is 5.73 Å². The van der Waals surface area contributed by atoms with Crippen LogP contribution in [0.25, 0.3) is 10.8 Å². The molecule has 0 amide bonds. The lowest BCUT2D eigenvalue weighted by atomic mass is 10.1. The number of nitrogen functional groups attached to an aromatic ring is 1. The third kappa shape index (κ3) is 3.01. The summed E-state index contributed by atoms with van der Waals surface area (Å²) in [5.74, 6) is 0. The molecule has 100 valence electrons. The molecule has 2 N–H and O–H groups in total. The van der Waals surface area contributed by atoms with Gasteiger partial charge >= 0.3 is 0 Å². The summed E-state index contributed by atoms with van der Waals surface area (Å²) in [5.41, 5.74) is 8.21. The molecule has 0 atom stereocenters. The number of nitrogens with zero attached hydrogens (tertiary/aromatic N) is 2. The largest absolute Gasteiger partial charge is 0.398 e. The van der Waals surface area contributed by atoms with Crippen molar-refractivity contribution in [1.82, 2.24) is 0 Å². The molecule has 0 unspecified atom stereocenters. The van der Waals surface area contributed by atoms with Gasteiger partial charge in [-0.2, -0.15) is 5.11 Å². The van der Waals surface area contributed by atoms with Crippen LogP contribution in [-0.4, -0.2) is 0 Å². The molecular weight excluding hydrogens is 246 g/mol. The van der Waals surface area contributed by atoms with E-state index in [0.717, 1.165) is 22.1 Å². The van der Waals surface area contributed by atoms with Gasteiger partial charge in [-0.1, -0.05) is 43.0 Å². The lowest BCUT2D eigenvalue weighted by Crippen LogP contribution is -1.86. The predicted octanol–water partition coefficient (Wildman–Crippen LogP) is 5.15. The van der Waals surface area contributed by atoms with Crippen molar-refractivity contribution >= 4 is 22.1 Å². The van der Waals surface area contributed by atoms with Crippen LogP contribution in [0.2, 0.25) is 0 Å². The second-order valence-corrected chi connectivity index (χ2v) is 4.24. The van der Waals surface area contributed by atoms with Gasteiger partial charge in [0.05, 0.1) is 11.4 Å². The van der Waals surface area contributed by atoms with Crippen molar-refractivity contribution in [2.24, 2.45) is 10.2 Å². The number of benzene rings is 2. The maximum Gasteiger partial charge on any atom is 0.0936 e. The Morgan fingerprint density at radius 1 is 1.15 bits per heavy atom. The Kier molecular flexibility index (Phi) is 4.45. The highest BCUT2D eigenvalue weighted by Gasteiger charge is 2.02. The number of anilines is 1. The summed E-state index contributed by atoms with van der Waals surface area (Å²) in [5, 5.41) is 10.5. The molecule has 0 heterocycles. The molecular formula is C17H17N3. The smallest absolute Gasteiger partial charge is 0.0936 e. The average molecular weight is 263 g/mol. The first kappa shape index (κ1) is 13.7. The summed E-state index contributed by atoms with van der Waals surface area (Å²) in [6.45, 7) is 5.67. The minimum Gasteiger partial charge on any atom is -0.398 e. The standard InChI is InChI=1S/C17H17N3/c1-3-5-8-13(4-2)19-20-17-12-11-16(18)14-9-6-7-10-15(14)17/h3-12H,2,18H2,1H3/b5-3-,13-8+,20-19?. The Bertz CT molecular complexity index is 709. The molecule has 0 aromatic heterocycles. The van der Waals surface area contributed by atoms with Gasteiger partial charge in [0.2, 0.25) is 0 Å². The van der Waals surface area contributed by atoms with Crippen LogP contribution in [0.15, 0.2) is 83.2 Å². The van der Waals surface area contributed by atoms with Gasteiger partial charge in [-0.3, -0.25) is 0 Å². The zero-order valence-electron chi connectivity index (χ0n) is 11.5. The number of hydrogen-bond donors (Lipinski definition) is 1. The average Bonchev–Trinajstić information content (AvgIpc) is 2.49. The summed E-state index contributed by atoms with van der Waals surface area (Å²) >= 11 is 0. The molecule has 0 saturated carbocycles. The van der Waals surface area contributed by atoms with Gasteiger partial charge < -0.3 is 5.73 Å². The van der Waals surface area contributed by atoms with Gasteiger partial charge in [0.1, 0.15) is 0 Å². The molecule has 0 saturated heterocycles. The van der Waals surface area contributed by atoms with Gasteiger partial charge in [0.25, 0.3) is 0 Å². The summed E-state index contributed by atoms with van der Waals surface area (Å²) in [6, 6.07) is 11.6. The first-order chi connectivity index (χ1) is 9.76. The van der Waals surface area contributed by atoms with Crippen molar-refractivity contribution in [1.29, 1.82) is 0 Å². The minimum absolute atomic E-state index is 0.712. The summed E-state index contributed by atoms with van der Waals surface area (Å²) in [7, 11) is 0. The Morgan fingerprint density at radius 2 is 1.90 bits per heavy atom. The summed E-state index contributed by atoms with van der Waals surface area (Å²) < 4.78 is 0. The Morgan fingerprint density at radius 3 is 2.60 bits per heavy atom. The highest BCUT2D eigenvalue weighted by Crippen LogP contribution is 2.30. The molecule has 3 heteroatoms. The second kappa shape index (κ2) is 6.48. The number of nitrogens with two attached hydrogens (primary N) is 1. The van der Waals surface area contributed by atoms with Crippen LogP contribution in [0.5, 0.6) is 0 Å². The van der Waals surface area contributed by atoms with E-state index in [1.54, 1.807) is 6.08 Å². The van der Waals surface area contributed by atoms with E-state index < -0.39 is 0 Å². The Hall–Kier alpha value is -2.68.